The molecule has 2 heterocycles. The summed E-state index contributed by atoms with van der Waals surface area (Å²) < 4.78 is 5.15. The van der Waals surface area contributed by atoms with Crippen LogP contribution in [0.2, 0.25) is 0 Å². The topological polar surface area (TPSA) is 61.9 Å². The van der Waals surface area contributed by atoms with Crippen molar-refractivity contribution >= 4 is 11.8 Å². The summed E-state index contributed by atoms with van der Waals surface area (Å²) in [6.07, 6.45) is 2.10. The number of nitrogens with zero attached hydrogens (tertiary/aromatic N) is 2. The summed E-state index contributed by atoms with van der Waals surface area (Å²) in [6, 6.07) is 7.85. The van der Waals surface area contributed by atoms with Crippen molar-refractivity contribution in [1.29, 1.82) is 0 Å². The summed E-state index contributed by atoms with van der Waals surface area (Å²) in [6.45, 7) is 4.39. The molecule has 0 spiro atoms. The van der Waals surface area contributed by atoms with Crippen LogP contribution in [0.4, 0.5) is 0 Å². The van der Waals surface area contributed by atoms with Crippen molar-refractivity contribution in [1.82, 2.24) is 15.1 Å². The van der Waals surface area contributed by atoms with E-state index in [0.29, 0.717) is 19.5 Å². The van der Waals surface area contributed by atoms with Gasteiger partial charge in [0.1, 0.15) is 5.75 Å². The number of hydrogen-bond donors (Lipinski definition) is 1. The molecule has 0 saturated carbocycles. The molecule has 1 aromatic rings. The van der Waals surface area contributed by atoms with Crippen LogP contribution in [0, 0.1) is 5.92 Å². The molecule has 2 fully saturated rings. The normalized spacial score (nSPS) is 18.4. The molecule has 0 aromatic heterocycles. The van der Waals surface area contributed by atoms with Crippen LogP contribution in [0.15, 0.2) is 24.3 Å². The molecule has 0 bridgehead atoms. The SMILES string of the molecule is COc1ccc(CCC(=O)N2CCCN(C(=O)C3CNC3)CC2)cc1. The molecule has 0 atom stereocenters. The molecule has 6 nitrogen and oxygen atoms in total. The Balaban J connectivity index is 1.46. The molecule has 136 valence electrons. The predicted molar refractivity (Wildman–Crippen MR) is 95.5 cm³/mol. The zero-order chi connectivity index (χ0) is 17.6. The molecule has 6 heteroatoms. The van der Waals surface area contributed by atoms with Crippen molar-refractivity contribution in [3.05, 3.63) is 29.8 Å². The van der Waals surface area contributed by atoms with Gasteiger partial charge in [-0.3, -0.25) is 9.59 Å². The fraction of sp³-hybridized carbons (Fsp3) is 0.579. The Labute approximate surface area is 149 Å². The minimum absolute atomic E-state index is 0.136. The lowest BCUT2D eigenvalue weighted by atomic mass is 10.0. The molecule has 0 radical (unpaired) electrons. The van der Waals surface area contributed by atoms with Crippen molar-refractivity contribution in [2.75, 3.05) is 46.4 Å². The van der Waals surface area contributed by atoms with E-state index in [1.165, 1.54) is 0 Å². The van der Waals surface area contributed by atoms with Crippen molar-refractivity contribution in [3.63, 3.8) is 0 Å². The van der Waals surface area contributed by atoms with Crippen LogP contribution < -0.4 is 10.1 Å². The molecule has 2 aliphatic rings. The Morgan fingerprint density at radius 1 is 1.08 bits per heavy atom. The van der Waals surface area contributed by atoms with Gasteiger partial charge in [0.05, 0.1) is 13.0 Å². The number of nitrogens with one attached hydrogen (secondary N) is 1. The average Bonchev–Trinajstić information content (AvgIpc) is 2.85. The second-order valence-corrected chi connectivity index (χ2v) is 6.76. The highest BCUT2D eigenvalue weighted by molar-refractivity contribution is 5.80. The van der Waals surface area contributed by atoms with E-state index in [2.05, 4.69) is 5.32 Å². The second-order valence-electron chi connectivity index (χ2n) is 6.76. The molecule has 2 amide bonds. The number of hydrogen-bond acceptors (Lipinski definition) is 4. The fourth-order valence-electron chi connectivity index (χ4n) is 3.31. The van der Waals surface area contributed by atoms with Gasteiger partial charge < -0.3 is 19.9 Å². The van der Waals surface area contributed by atoms with Crippen LogP contribution in [0.3, 0.4) is 0 Å². The molecule has 0 aliphatic carbocycles. The second kappa shape index (κ2) is 8.34. The summed E-state index contributed by atoms with van der Waals surface area (Å²) in [5.74, 6) is 1.38. The van der Waals surface area contributed by atoms with Crippen LogP contribution in [-0.2, 0) is 16.0 Å². The van der Waals surface area contributed by atoms with Gasteiger partial charge in [0, 0.05) is 45.7 Å². The fourth-order valence-corrected chi connectivity index (χ4v) is 3.31. The van der Waals surface area contributed by atoms with E-state index >= 15 is 0 Å². The summed E-state index contributed by atoms with van der Waals surface area (Å²) in [5.41, 5.74) is 1.14. The van der Waals surface area contributed by atoms with E-state index in [9.17, 15) is 9.59 Å². The third kappa shape index (κ3) is 4.51. The summed E-state index contributed by atoms with van der Waals surface area (Å²) >= 11 is 0. The molecule has 1 aromatic carbocycles. The van der Waals surface area contributed by atoms with E-state index in [4.69, 9.17) is 4.74 Å². The van der Waals surface area contributed by atoms with Gasteiger partial charge in [-0.15, -0.1) is 0 Å². The van der Waals surface area contributed by atoms with Crippen LogP contribution in [0.5, 0.6) is 5.75 Å². The predicted octanol–water partition coefficient (Wildman–Crippen LogP) is 0.908. The summed E-state index contributed by atoms with van der Waals surface area (Å²) in [5, 5.41) is 3.14. The average molecular weight is 345 g/mol. The maximum Gasteiger partial charge on any atom is 0.228 e. The molecule has 2 aliphatic heterocycles. The van der Waals surface area contributed by atoms with Gasteiger partial charge >= 0.3 is 0 Å². The van der Waals surface area contributed by atoms with Gasteiger partial charge in [-0.25, -0.2) is 0 Å². The third-order valence-corrected chi connectivity index (χ3v) is 5.08. The lowest BCUT2D eigenvalue weighted by Crippen LogP contribution is -2.52. The number of amides is 2. The molecule has 1 N–H and O–H groups in total. The van der Waals surface area contributed by atoms with Crippen molar-refractivity contribution in [3.8, 4) is 5.75 Å². The highest BCUT2D eigenvalue weighted by Gasteiger charge is 2.30. The number of carbonyl (C=O) groups excluding carboxylic acids is 2. The maximum atomic E-state index is 12.5. The van der Waals surface area contributed by atoms with Crippen LogP contribution in [0.25, 0.3) is 0 Å². The molecule has 2 saturated heterocycles. The molecular weight excluding hydrogens is 318 g/mol. The van der Waals surface area contributed by atoms with Gasteiger partial charge in [0.15, 0.2) is 0 Å². The lowest BCUT2D eigenvalue weighted by Gasteiger charge is -2.31. The first kappa shape index (κ1) is 17.7. The lowest BCUT2D eigenvalue weighted by molar-refractivity contribution is -0.137. The Morgan fingerprint density at radius 3 is 2.40 bits per heavy atom. The maximum absolute atomic E-state index is 12.5. The summed E-state index contributed by atoms with van der Waals surface area (Å²) in [4.78, 5) is 28.7. The number of carbonyl (C=O) groups is 2. The minimum Gasteiger partial charge on any atom is -0.497 e. The first-order chi connectivity index (χ1) is 12.2. The van der Waals surface area contributed by atoms with Crippen molar-refractivity contribution in [2.45, 2.75) is 19.3 Å². The number of rotatable bonds is 5. The zero-order valence-corrected chi connectivity index (χ0v) is 14.9. The number of aryl methyl sites for hydroxylation is 1. The van der Waals surface area contributed by atoms with Crippen molar-refractivity contribution in [2.24, 2.45) is 5.92 Å². The van der Waals surface area contributed by atoms with Crippen LogP contribution >= 0.6 is 0 Å². The van der Waals surface area contributed by atoms with Gasteiger partial charge in [-0.05, 0) is 30.5 Å². The van der Waals surface area contributed by atoms with E-state index in [1.807, 2.05) is 34.1 Å². The number of methoxy groups -OCH3 is 1. The molecular formula is C19H27N3O3. The van der Waals surface area contributed by atoms with Crippen LogP contribution in [-0.4, -0.2) is 68.0 Å². The van der Waals surface area contributed by atoms with Gasteiger partial charge in [-0.2, -0.15) is 0 Å². The Morgan fingerprint density at radius 2 is 1.76 bits per heavy atom. The first-order valence-electron chi connectivity index (χ1n) is 9.07. The third-order valence-electron chi connectivity index (χ3n) is 5.08. The van der Waals surface area contributed by atoms with E-state index < -0.39 is 0 Å². The van der Waals surface area contributed by atoms with Gasteiger partial charge in [0.25, 0.3) is 0 Å². The first-order valence-corrected chi connectivity index (χ1v) is 9.07. The highest BCUT2D eigenvalue weighted by atomic mass is 16.5. The monoisotopic (exact) mass is 345 g/mol. The summed E-state index contributed by atoms with van der Waals surface area (Å²) in [7, 11) is 1.65. The van der Waals surface area contributed by atoms with E-state index in [1.54, 1.807) is 7.11 Å². The minimum atomic E-state index is 0.136. The smallest absolute Gasteiger partial charge is 0.228 e. The largest absolute Gasteiger partial charge is 0.497 e. The molecule has 0 unspecified atom stereocenters. The Bertz CT molecular complexity index is 598. The van der Waals surface area contributed by atoms with Gasteiger partial charge in [0.2, 0.25) is 11.8 Å². The van der Waals surface area contributed by atoms with E-state index in [-0.39, 0.29) is 17.7 Å². The van der Waals surface area contributed by atoms with E-state index in [0.717, 1.165) is 50.3 Å². The zero-order valence-electron chi connectivity index (χ0n) is 14.9. The molecule has 25 heavy (non-hydrogen) atoms. The molecule has 3 rings (SSSR count). The van der Waals surface area contributed by atoms with Gasteiger partial charge in [-0.1, -0.05) is 12.1 Å². The Kier molecular flexibility index (Phi) is 5.91. The van der Waals surface area contributed by atoms with Crippen LogP contribution in [0.1, 0.15) is 18.4 Å². The number of benzene rings is 1. The number of ether oxygens (including phenoxy) is 1. The standard InChI is InChI=1S/C19H27N3O3/c1-25-17-6-3-15(4-7-17)5-8-18(23)21-9-2-10-22(12-11-21)19(24)16-13-20-14-16/h3-4,6-7,16,20H,2,5,8-14H2,1H3. The Hall–Kier alpha value is -2.08. The van der Waals surface area contributed by atoms with Crippen molar-refractivity contribution < 1.29 is 14.3 Å². The highest BCUT2D eigenvalue weighted by Crippen LogP contribution is 2.15. The quantitative estimate of drug-likeness (QED) is 0.862.